The highest BCUT2D eigenvalue weighted by atomic mass is 16.1. The first-order valence-electron chi connectivity index (χ1n) is 10.0. The van der Waals surface area contributed by atoms with Crippen LogP contribution in [0.2, 0.25) is 0 Å². The van der Waals surface area contributed by atoms with E-state index in [4.69, 9.17) is 0 Å². The Labute approximate surface area is 171 Å². The quantitative estimate of drug-likeness (QED) is 0.513. The molecule has 0 aliphatic carbocycles. The van der Waals surface area contributed by atoms with Gasteiger partial charge in [-0.15, -0.1) is 0 Å². The third kappa shape index (κ3) is 4.30. The summed E-state index contributed by atoms with van der Waals surface area (Å²) in [4.78, 5) is 12.9. The maximum atomic E-state index is 12.9. The number of hydrogen-bond acceptors (Lipinski definition) is 2. The zero-order valence-electron chi connectivity index (χ0n) is 16.9. The van der Waals surface area contributed by atoms with Crippen LogP contribution in [0.15, 0.2) is 89.7 Å². The van der Waals surface area contributed by atoms with Gasteiger partial charge in [-0.25, -0.2) is 0 Å². The molecular formula is C26H26N2O. The van der Waals surface area contributed by atoms with Crippen molar-refractivity contribution in [3.63, 3.8) is 0 Å². The van der Waals surface area contributed by atoms with Crippen LogP contribution in [0.4, 0.5) is 0 Å². The molecular weight excluding hydrogens is 356 g/mol. The Morgan fingerprint density at radius 3 is 2.31 bits per heavy atom. The van der Waals surface area contributed by atoms with E-state index in [1.54, 1.807) is 4.57 Å². The monoisotopic (exact) mass is 382 g/mol. The van der Waals surface area contributed by atoms with Gasteiger partial charge in [0.2, 0.25) is 0 Å². The number of fused-ring (bicyclic) bond motifs is 1. The van der Waals surface area contributed by atoms with Crippen molar-refractivity contribution in [3.05, 3.63) is 118 Å². The molecule has 0 saturated carbocycles. The molecule has 29 heavy (non-hydrogen) atoms. The minimum absolute atomic E-state index is 0.0559. The lowest BCUT2D eigenvalue weighted by Gasteiger charge is -2.20. The lowest BCUT2D eigenvalue weighted by Crippen LogP contribution is -2.29. The van der Waals surface area contributed by atoms with E-state index >= 15 is 0 Å². The fraction of sp³-hybridized carbons (Fsp3) is 0.192. The van der Waals surface area contributed by atoms with E-state index in [0.717, 1.165) is 22.9 Å². The van der Waals surface area contributed by atoms with Gasteiger partial charge in [-0.05, 0) is 48.1 Å². The number of nitrogens with one attached hydrogen (secondary N) is 1. The Hall–Kier alpha value is -3.17. The van der Waals surface area contributed by atoms with Crippen LogP contribution in [0.1, 0.15) is 28.3 Å². The van der Waals surface area contributed by atoms with E-state index in [9.17, 15) is 4.79 Å². The fourth-order valence-corrected chi connectivity index (χ4v) is 3.87. The Balaban J connectivity index is 1.63. The standard InChI is InChI=1S/C26H26N2O/c1-19-13-14-25-22(15-19)17-23(26(29)28(25)2)18-27-24(21-11-7-4-8-12-21)16-20-9-5-3-6-10-20/h3-15,17,24,27H,16,18H2,1-2H3. The number of nitrogens with zero attached hydrogens (tertiary/aromatic N) is 1. The molecule has 1 N–H and O–H groups in total. The molecule has 1 heterocycles. The Bertz CT molecular complexity index is 1160. The Kier molecular flexibility index (Phi) is 5.59. The first-order valence-corrected chi connectivity index (χ1v) is 10.0. The average Bonchev–Trinajstić information content (AvgIpc) is 2.75. The van der Waals surface area contributed by atoms with Crippen LogP contribution in [-0.4, -0.2) is 4.57 Å². The summed E-state index contributed by atoms with van der Waals surface area (Å²) in [5, 5.41) is 4.74. The van der Waals surface area contributed by atoms with E-state index in [1.165, 1.54) is 16.7 Å². The highest BCUT2D eigenvalue weighted by Gasteiger charge is 2.14. The Morgan fingerprint density at radius 2 is 1.59 bits per heavy atom. The zero-order valence-corrected chi connectivity index (χ0v) is 16.9. The van der Waals surface area contributed by atoms with E-state index in [1.807, 2.05) is 37.4 Å². The van der Waals surface area contributed by atoms with Gasteiger partial charge in [-0.3, -0.25) is 4.79 Å². The van der Waals surface area contributed by atoms with Gasteiger partial charge in [0.05, 0.1) is 5.52 Å². The number of pyridine rings is 1. The van der Waals surface area contributed by atoms with Crippen molar-refractivity contribution in [3.8, 4) is 0 Å². The second-order valence-electron chi connectivity index (χ2n) is 7.63. The molecule has 1 aromatic heterocycles. The highest BCUT2D eigenvalue weighted by molar-refractivity contribution is 5.80. The maximum absolute atomic E-state index is 12.9. The molecule has 0 aliphatic rings. The topological polar surface area (TPSA) is 34.0 Å². The van der Waals surface area contributed by atoms with Gasteiger partial charge in [-0.2, -0.15) is 0 Å². The van der Waals surface area contributed by atoms with Crippen molar-refractivity contribution in [1.82, 2.24) is 9.88 Å². The second kappa shape index (κ2) is 8.46. The number of aromatic nitrogens is 1. The number of benzene rings is 3. The molecule has 0 fully saturated rings. The zero-order chi connectivity index (χ0) is 20.2. The van der Waals surface area contributed by atoms with Crippen molar-refractivity contribution in [2.45, 2.75) is 25.9 Å². The summed E-state index contributed by atoms with van der Waals surface area (Å²) in [7, 11) is 1.85. The van der Waals surface area contributed by atoms with Crippen LogP contribution in [0, 0.1) is 6.92 Å². The van der Waals surface area contributed by atoms with Gasteiger partial charge < -0.3 is 9.88 Å². The number of aryl methyl sites for hydroxylation is 2. The van der Waals surface area contributed by atoms with Crippen LogP contribution in [-0.2, 0) is 20.0 Å². The Morgan fingerprint density at radius 1 is 0.897 bits per heavy atom. The maximum Gasteiger partial charge on any atom is 0.255 e. The van der Waals surface area contributed by atoms with Gasteiger partial charge in [0.1, 0.15) is 0 Å². The molecule has 0 bridgehead atoms. The predicted molar refractivity (Wildman–Crippen MR) is 120 cm³/mol. The molecule has 3 aromatic carbocycles. The summed E-state index contributed by atoms with van der Waals surface area (Å²) in [5.74, 6) is 0. The molecule has 0 radical (unpaired) electrons. The SMILES string of the molecule is Cc1ccc2c(c1)cc(CNC(Cc1ccccc1)c1ccccc1)c(=O)n2C. The smallest absolute Gasteiger partial charge is 0.255 e. The molecule has 0 amide bonds. The summed E-state index contributed by atoms with van der Waals surface area (Å²) in [6.45, 7) is 2.61. The van der Waals surface area contributed by atoms with Gasteiger partial charge >= 0.3 is 0 Å². The normalized spacial score (nSPS) is 12.2. The molecule has 1 atom stereocenters. The molecule has 4 aromatic rings. The summed E-state index contributed by atoms with van der Waals surface area (Å²) >= 11 is 0. The van der Waals surface area contributed by atoms with Gasteiger partial charge in [-0.1, -0.05) is 72.3 Å². The highest BCUT2D eigenvalue weighted by Crippen LogP contribution is 2.20. The molecule has 1 unspecified atom stereocenters. The van der Waals surface area contributed by atoms with Gasteiger partial charge in [0.15, 0.2) is 0 Å². The van der Waals surface area contributed by atoms with Crippen molar-refractivity contribution in [2.75, 3.05) is 0 Å². The van der Waals surface area contributed by atoms with Crippen LogP contribution in [0.25, 0.3) is 10.9 Å². The average molecular weight is 383 g/mol. The first kappa shape index (κ1) is 19.2. The first-order chi connectivity index (χ1) is 14.1. The van der Waals surface area contributed by atoms with Gasteiger partial charge in [0, 0.05) is 25.2 Å². The minimum atomic E-state index is 0.0559. The van der Waals surface area contributed by atoms with Crippen molar-refractivity contribution in [1.29, 1.82) is 0 Å². The predicted octanol–water partition coefficient (Wildman–Crippen LogP) is 4.92. The summed E-state index contributed by atoms with van der Waals surface area (Å²) in [6.07, 6.45) is 0.873. The number of hydrogen-bond donors (Lipinski definition) is 1. The van der Waals surface area contributed by atoms with E-state index < -0.39 is 0 Å². The minimum Gasteiger partial charge on any atom is -0.311 e. The van der Waals surface area contributed by atoms with E-state index in [0.29, 0.717) is 6.54 Å². The summed E-state index contributed by atoms with van der Waals surface area (Å²) < 4.78 is 1.75. The van der Waals surface area contributed by atoms with E-state index in [-0.39, 0.29) is 11.6 Å². The van der Waals surface area contributed by atoms with Crippen molar-refractivity contribution in [2.24, 2.45) is 7.05 Å². The van der Waals surface area contributed by atoms with Crippen LogP contribution in [0.5, 0.6) is 0 Å². The summed E-state index contributed by atoms with van der Waals surface area (Å²) in [6, 6.07) is 29.3. The molecule has 3 nitrogen and oxygen atoms in total. The largest absolute Gasteiger partial charge is 0.311 e. The third-order valence-corrected chi connectivity index (χ3v) is 5.48. The van der Waals surface area contributed by atoms with Crippen molar-refractivity contribution < 1.29 is 0 Å². The van der Waals surface area contributed by atoms with E-state index in [2.05, 4.69) is 66.8 Å². The summed E-state index contributed by atoms with van der Waals surface area (Å²) in [5.41, 5.74) is 5.51. The van der Waals surface area contributed by atoms with Crippen LogP contribution < -0.4 is 10.9 Å². The van der Waals surface area contributed by atoms with Crippen molar-refractivity contribution >= 4 is 10.9 Å². The molecule has 146 valence electrons. The molecule has 0 aliphatic heterocycles. The second-order valence-corrected chi connectivity index (χ2v) is 7.63. The van der Waals surface area contributed by atoms with Gasteiger partial charge in [0.25, 0.3) is 5.56 Å². The molecule has 0 spiro atoms. The lowest BCUT2D eigenvalue weighted by molar-refractivity contribution is 0.527. The molecule has 3 heteroatoms. The third-order valence-electron chi connectivity index (χ3n) is 5.48. The fourth-order valence-electron chi connectivity index (χ4n) is 3.87. The molecule has 0 saturated heterocycles. The van der Waals surface area contributed by atoms with Crippen LogP contribution >= 0.6 is 0 Å². The number of rotatable bonds is 6. The lowest BCUT2D eigenvalue weighted by atomic mass is 9.98. The molecule has 4 rings (SSSR count). The van der Waals surface area contributed by atoms with Crippen LogP contribution in [0.3, 0.4) is 0 Å².